The number of ether oxygens (including phenoxy) is 1. The molecule has 0 saturated heterocycles. The van der Waals surface area contributed by atoms with Gasteiger partial charge in [0.1, 0.15) is 11.5 Å². The Labute approximate surface area is 147 Å². The molecule has 0 aromatic heterocycles. The molecular formula is C19H19O5P. The van der Waals surface area contributed by atoms with Gasteiger partial charge in [0.05, 0.1) is 0 Å². The number of benzene rings is 2. The molecule has 2 aromatic rings. The molecule has 0 radical (unpaired) electrons. The predicted molar refractivity (Wildman–Crippen MR) is 95.9 cm³/mol. The normalized spacial score (nSPS) is 10.6. The van der Waals surface area contributed by atoms with Crippen molar-refractivity contribution in [3.05, 3.63) is 59.7 Å². The Kier molecular flexibility index (Phi) is 6.27. The van der Waals surface area contributed by atoms with Gasteiger partial charge in [0.2, 0.25) is 0 Å². The van der Waals surface area contributed by atoms with Crippen LogP contribution < -0.4 is 9.05 Å². The first-order valence-electron chi connectivity index (χ1n) is 7.61. The molecule has 0 bridgehead atoms. The first-order valence-corrected chi connectivity index (χ1v) is 9.34. The van der Waals surface area contributed by atoms with Crippen LogP contribution in [0.3, 0.4) is 0 Å². The topological polar surface area (TPSA) is 61.8 Å². The van der Waals surface area contributed by atoms with Crippen LogP contribution in [-0.2, 0) is 14.1 Å². The summed E-state index contributed by atoms with van der Waals surface area (Å²) in [7, 11) is -3.83. The summed E-state index contributed by atoms with van der Waals surface area (Å²) in [5, 5.41) is 0. The standard InChI is InChI=1S/C19H19O5P/c1-4-13-22-19(20)14-25(21,23-17-9-5-15(2)6-10-17)24-18-11-7-16(3)8-12-18/h1,5-12H,13-14H2,2-3H3. The van der Waals surface area contributed by atoms with Gasteiger partial charge in [0.15, 0.2) is 12.8 Å². The lowest BCUT2D eigenvalue weighted by Crippen LogP contribution is -2.16. The van der Waals surface area contributed by atoms with Crippen molar-refractivity contribution in [3.8, 4) is 23.8 Å². The lowest BCUT2D eigenvalue weighted by Gasteiger charge is -2.19. The van der Waals surface area contributed by atoms with Crippen molar-refractivity contribution in [2.45, 2.75) is 13.8 Å². The van der Waals surface area contributed by atoms with Gasteiger partial charge in [-0.1, -0.05) is 41.3 Å². The van der Waals surface area contributed by atoms with Crippen LogP contribution in [0.2, 0.25) is 0 Å². The molecule has 0 atom stereocenters. The van der Waals surface area contributed by atoms with Gasteiger partial charge in [-0.05, 0) is 38.1 Å². The summed E-state index contributed by atoms with van der Waals surface area (Å²) in [4.78, 5) is 11.9. The number of rotatable bonds is 7. The Balaban J connectivity index is 2.21. The number of aryl methyl sites for hydroxylation is 2. The predicted octanol–water partition coefficient (Wildman–Crippen LogP) is 4.13. The zero-order valence-electron chi connectivity index (χ0n) is 14.1. The maximum absolute atomic E-state index is 13.1. The summed E-state index contributed by atoms with van der Waals surface area (Å²) in [6.45, 7) is 3.64. The van der Waals surface area contributed by atoms with E-state index in [0.717, 1.165) is 11.1 Å². The molecule has 0 fully saturated rings. The molecule has 0 N–H and O–H groups in total. The lowest BCUT2D eigenvalue weighted by molar-refractivity contribution is -0.139. The number of terminal acetylenes is 1. The van der Waals surface area contributed by atoms with E-state index < -0.39 is 19.7 Å². The summed E-state index contributed by atoms with van der Waals surface area (Å²) in [6.07, 6.45) is 4.51. The Bertz CT molecular complexity index is 752. The third kappa shape index (κ3) is 6.02. The summed E-state index contributed by atoms with van der Waals surface area (Å²) < 4.78 is 28.9. The highest BCUT2D eigenvalue weighted by Gasteiger charge is 2.33. The van der Waals surface area contributed by atoms with Crippen LogP contribution in [-0.4, -0.2) is 18.7 Å². The van der Waals surface area contributed by atoms with Gasteiger partial charge in [-0.3, -0.25) is 4.79 Å². The summed E-state index contributed by atoms with van der Waals surface area (Å²) in [5.41, 5.74) is 2.05. The molecule has 0 heterocycles. The largest absolute Gasteiger partial charge is 0.452 e. The Morgan fingerprint density at radius 1 is 0.960 bits per heavy atom. The van der Waals surface area contributed by atoms with E-state index in [9.17, 15) is 9.36 Å². The Hall–Kier alpha value is -2.70. The Morgan fingerprint density at radius 3 is 1.80 bits per heavy atom. The summed E-state index contributed by atoms with van der Waals surface area (Å²) in [6, 6.07) is 13.9. The summed E-state index contributed by atoms with van der Waals surface area (Å²) >= 11 is 0. The van der Waals surface area contributed by atoms with Crippen molar-refractivity contribution in [2.75, 3.05) is 12.8 Å². The molecular weight excluding hydrogens is 339 g/mol. The SMILES string of the molecule is C#CCOC(=O)CP(=O)(Oc1ccc(C)cc1)Oc1ccc(C)cc1. The van der Waals surface area contributed by atoms with Gasteiger partial charge in [-0.15, -0.1) is 6.42 Å². The number of carbonyl (C=O) groups excluding carboxylic acids is 1. The molecule has 130 valence electrons. The molecule has 6 heteroatoms. The van der Waals surface area contributed by atoms with Crippen molar-refractivity contribution in [2.24, 2.45) is 0 Å². The van der Waals surface area contributed by atoms with Crippen LogP contribution in [0.4, 0.5) is 0 Å². The van der Waals surface area contributed by atoms with Gasteiger partial charge >= 0.3 is 13.6 Å². The first-order chi connectivity index (χ1) is 11.9. The minimum atomic E-state index is -3.83. The number of carbonyl (C=O) groups is 1. The van der Waals surface area contributed by atoms with Crippen molar-refractivity contribution in [1.29, 1.82) is 0 Å². The van der Waals surface area contributed by atoms with Crippen molar-refractivity contribution < 1.29 is 23.1 Å². The molecule has 0 amide bonds. The van der Waals surface area contributed by atoms with E-state index in [1.165, 1.54) is 0 Å². The zero-order chi connectivity index (χ0) is 18.3. The van der Waals surface area contributed by atoms with Gasteiger partial charge < -0.3 is 13.8 Å². The van der Waals surface area contributed by atoms with Gasteiger partial charge in [-0.25, -0.2) is 4.57 Å². The van der Waals surface area contributed by atoms with E-state index in [-0.39, 0.29) is 6.61 Å². The number of hydrogen-bond donors (Lipinski definition) is 0. The van der Waals surface area contributed by atoms with E-state index in [1.807, 2.05) is 38.1 Å². The fraction of sp³-hybridized carbons (Fsp3) is 0.211. The van der Waals surface area contributed by atoms with Crippen LogP contribution in [0.25, 0.3) is 0 Å². The van der Waals surface area contributed by atoms with E-state index in [1.54, 1.807) is 24.3 Å². The van der Waals surface area contributed by atoms with E-state index >= 15 is 0 Å². The van der Waals surface area contributed by atoms with Crippen LogP contribution in [0, 0.1) is 26.2 Å². The molecule has 0 unspecified atom stereocenters. The van der Waals surface area contributed by atoms with Crippen molar-refractivity contribution in [3.63, 3.8) is 0 Å². The van der Waals surface area contributed by atoms with Crippen LogP contribution in [0.5, 0.6) is 11.5 Å². The quantitative estimate of drug-likeness (QED) is 0.423. The second-order valence-corrected chi connectivity index (χ2v) is 7.35. The maximum Gasteiger partial charge on any atom is 0.441 e. The highest BCUT2D eigenvalue weighted by molar-refractivity contribution is 7.55. The maximum atomic E-state index is 13.1. The molecule has 2 rings (SSSR count). The number of hydrogen-bond acceptors (Lipinski definition) is 5. The molecule has 0 aliphatic rings. The average Bonchev–Trinajstić information content (AvgIpc) is 2.57. The number of esters is 1. The van der Waals surface area contributed by atoms with Crippen LogP contribution in [0.1, 0.15) is 11.1 Å². The van der Waals surface area contributed by atoms with Crippen LogP contribution >= 0.6 is 7.60 Å². The van der Waals surface area contributed by atoms with Crippen molar-refractivity contribution >= 4 is 13.6 Å². The average molecular weight is 358 g/mol. The van der Waals surface area contributed by atoms with Gasteiger partial charge in [-0.2, -0.15) is 0 Å². The lowest BCUT2D eigenvalue weighted by atomic mass is 10.2. The van der Waals surface area contributed by atoms with Gasteiger partial charge in [0.25, 0.3) is 0 Å². The van der Waals surface area contributed by atoms with E-state index in [4.69, 9.17) is 20.2 Å². The molecule has 5 nitrogen and oxygen atoms in total. The third-order valence-electron chi connectivity index (χ3n) is 3.17. The fourth-order valence-corrected chi connectivity index (χ4v) is 3.39. The summed E-state index contributed by atoms with van der Waals surface area (Å²) in [5.74, 6) is 2.11. The second-order valence-electron chi connectivity index (χ2n) is 5.44. The molecule has 2 aromatic carbocycles. The second kappa shape index (κ2) is 8.41. The zero-order valence-corrected chi connectivity index (χ0v) is 15.0. The molecule has 0 aliphatic carbocycles. The minimum Gasteiger partial charge on any atom is -0.452 e. The van der Waals surface area contributed by atoms with Crippen LogP contribution in [0.15, 0.2) is 48.5 Å². The van der Waals surface area contributed by atoms with E-state index in [2.05, 4.69) is 5.92 Å². The van der Waals surface area contributed by atoms with Crippen molar-refractivity contribution in [1.82, 2.24) is 0 Å². The third-order valence-corrected chi connectivity index (χ3v) is 4.79. The molecule has 0 spiro atoms. The smallest absolute Gasteiger partial charge is 0.441 e. The van der Waals surface area contributed by atoms with E-state index in [0.29, 0.717) is 11.5 Å². The Morgan fingerprint density at radius 2 is 1.40 bits per heavy atom. The first kappa shape index (κ1) is 18.6. The molecule has 0 aliphatic heterocycles. The highest BCUT2D eigenvalue weighted by atomic mass is 31.2. The molecule has 25 heavy (non-hydrogen) atoms. The van der Waals surface area contributed by atoms with Gasteiger partial charge in [0, 0.05) is 0 Å². The fourth-order valence-electron chi connectivity index (χ4n) is 1.93. The highest BCUT2D eigenvalue weighted by Crippen LogP contribution is 2.48. The minimum absolute atomic E-state index is 0.200. The monoisotopic (exact) mass is 358 g/mol. The molecule has 0 saturated carbocycles.